The first-order valence-corrected chi connectivity index (χ1v) is 10.0. The lowest BCUT2D eigenvalue weighted by Crippen LogP contribution is -2.25. The highest BCUT2D eigenvalue weighted by Crippen LogP contribution is 2.28. The number of benzene rings is 2. The molecule has 1 atom stereocenters. The number of nitrogens with zero attached hydrogens (tertiary/aromatic N) is 2. The minimum Gasteiger partial charge on any atom is -0.325 e. The molecule has 138 valence electrons. The van der Waals surface area contributed by atoms with Gasteiger partial charge < -0.3 is 5.32 Å². The number of carbonyl (C=O) groups excluding carboxylic acids is 1. The van der Waals surface area contributed by atoms with E-state index in [9.17, 15) is 4.79 Å². The number of thioether (sulfide) groups is 1. The van der Waals surface area contributed by atoms with Crippen LogP contribution in [-0.4, -0.2) is 21.1 Å². The number of anilines is 1. The van der Waals surface area contributed by atoms with E-state index >= 15 is 0 Å². The molecule has 0 aliphatic heterocycles. The molecule has 1 heterocycles. The zero-order valence-electron chi connectivity index (χ0n) is 15.6. The van der Waals surface area contributed by atoms with E-state index in [-0.39, 0.29) is 11.2 Å². The van der Waals surface area contributed by atoms with E-state index in [1.165, 1.54) is 11.8 Å². The largest absolute Gasteiger partial charge is 0.325 e. The number of amides is 1. The van der Waals surface area contributed by atoms with Gasteiger partial charge in [0.05, 0.1) is 10.9 Å². The van der Waals surface area contributed by atoms with Gasteiger partial charge in [0.15, 0.2) is 0 Å². The first-order chi connectivity index (χ1) is 13.2. The maximum absolute atomic E-state index is 12.8. The van der Waals surface area contributed by atoms with Crippen molar-refractivity contribution in [2.45, 2.75) is 37.0 Å². The Labute approximate surface area is 164 Å². The molecule has 3 rings (SSSR count). The van der Waals surface area contributed by atoms with Gasteiger partial charge in [-0.05, 0) is 30.5 Å². The highest BCUT2D eigenvalue weighted by molar-refractivity contribution is 8.00. The molecule has 5 heteroatoms. The summed E-state index contributed by atoms with van der Waals surface area (Å²) in [6.45, 7) is 4.10. The monoisotopic (exact) mass is 377 g/mol. The van der Waals surface area contributed by atoms with E-state index in [4.69, 9.17) is 0 Å². The molecule has 0 saturated heterocycles. The molecule has 1 N–H and O–H groups in total. The van der Waals surface area contributed by atoms with Crippen molar-refractivity contribution in [2.24, 2.45) is 0 Å². The minimum absolute atomic E-state index is 0.00303. The highest BCUT2D eigenvalue weighted by atomic mass is 32.2. The van der Waals surface area contributed by atoms with Crippen LogP contribution in [0.3, 0.4) is 0 Å². The Morgan fingerprint density at radius 1 is 1.04 bits per heavy atom. The molecule has 3 aromatic rings. The molecule has 0 bridgehead atoms. The second-order valence-electron chi connectivity index (χ2n) is 6.12. The Morgan fingerprint density at radius 2 is 1.78 bits per heavy atom. The Hall–Kier alpha value is -2.66. The molecular formula is C22H23N3OS. The number of hydrogen-bond acceptors (Lipinski definition) is 4. The zero-order chi connectivity index (χ0) is 19.1. The molecule has 0 saturated carbocycles. The van der Waals surface area contributed by atoms with Gasteiger partial charge in [-0.15, -0.1) is 0 Å². The smallest absolute Gasteiger partial charge is 0.237 e. The summed E-state index contributed by atoms with van der Waals surface area (Å²) in [4.78, 5) is 21.5. The van der Waals surface area contributed by atoms with Crippen molar-refractivity contribution in [3.63, 3.8) is 0 Å². The van der Waals surface area contributed by atoms with Crippen LogP contribution in [0.25, 0.3) is 11.3 Å². The third-order valence-electron chi connectivity index (χ3n) is 4.29. The molecule has 1 unspecified atom stereocenters. The fraction of sp³-hybridized carbons (Fsp3) is 0.227. The molecule has 0 radical (unpaired) electrons. The molecule has 0 spiro atoms. The second kappa shape index (κ2) is 9.33. The third-order valence-corrected chi connectivity index (χ3v) is 5.59. The van der Waals surface area contributed by atoms with E-state index in [0.717, 1.165) is 40.4 Å². The van der Waals surface area contributed by atoms with Crippen molar-refractivity contribution in [1.82, 2.24) is 9.97 Å². The maximum Gasteiger partial charge on any atom is 0.237 e. The van der Waals surface area contributed by atoms with E-state index < -0.39 is 0 Å². The van der Waals surface area contributed by atoms with Crippen molar-refractivity contribution in [2.75, 3.05) is 5.32 Å². The minimum atomic E-state index is -0.214. The molecule has 1 amide bonds. The number of aryl methyl sites for hydroxylation is 1. The summed E-state index contributed by atoms with van der Waals surface area (Å²) in [7, 11) is 0. The van der Waals surface area contributed by atoms with Gasteiger partial charge >= 0.3 is 0 Å². The molecule has 27 heavy (non-hydrogen) atoms. The number of rotatable bonds is 7. The zero-order valence-corrected chi connectivity index (χ0v) is 16.4. The van der Waals surface area contributed by atoms with Crippen LogP contribution < -0.4 is 5.32 Å². The number of carbonyl (C=O) groups is 1. The molecular weight excluding hydrogens is 354 g/mol. The first kappa shape index (κ1) is 19.1. The van der Waals surface area contributed by atoms with Crippen LogP contribution in [0.2, 0.25) is 0 Å². The fourth-order valence-electron chi connectivity index (χ4n) is 2.80. The Morgan fingerprint density at radius 3 is 2.52 bits per heavy atom. The number of nitrogens with one attached hydrogen (secondary N) is 1. The Bertz CT molecular complexity index is 899. The van der Waals surface area contributed by atoms with Crippen molar-refractivity contribution in [3.05, 3.63) is 72.6 Å². The molecule has 2 aromatic carbocycles. The SMILES string of the molecule is CCc1ccccc1NC(=O)C(CC)Sc1cc(-c2ccccc2)ncn1. The molecule has 4 nitrogen and oxygen atoms in total. The van der Waals surface area contributed by atoms with Gasteiger partial charge in [0.1, 0.15) is 11.4 Å². The van der Waals surface area contributed by atoms with Crippen LogP contribution >= 0.6 is 11.8 Å². The Balaban J connectivity index is 1.74. The number of para-hydroxylation sites is 1. The Kier molecular flexibility index (Phi) is 6.60. The highest BCUT2D eigenvalue weighted by Gasteiger charge is 2.20. The van der Waals surface area contributed by atoms with E-state index in [1.807, 2.05) is 67.6 Å². The van der Waals surface area contributed by atoms with Gasteiger partial charge in [0.2, 0.25) is 5.91 Å². The first-order valence-electron chi connectivity index (χ1n) is 9.14. The normalized spacial score (nSPS) is 11.8. The predicted molar refractivity (Wildman–Crippen MR) is 112 cm³/mol. The van der Waals surface area contributed by atoms with Crippen LogP contribution in [0.5, 0.6) is 0 Å². The topological polar surface area (TPSA) is 54.9 Å². The summed E-state index contributed by atoms with van der Waals surface area (Å²) in [5, 5.41) is 3.66. The molecule has 1 aromatic heterocycles. The van der Waals surface area contributed by atoms with Gasteiger partial charge in [-0.1, -0.05) is 74.1 Å². The summed E-state index contributed by atoms with van der Waals surface area (Å²) in [5.41, 5.74) is 3.92. The lowest BCUT2D eigenvalue weighted by atomic mass is 10.1. The van der Waals surface area contributed by atoms with Crippen LogP contribution in [0, 0.1) is 0 Å². The van der Waals surface area contributed by atoms with Crippen molar-refractivity contribution >= 4 is 23.4 Å². The van der Waals surface area contributed by atoms with Gasteiger partial charge in [0.25, 0.3) is 0 Å². The quantitative estimate of drug-likeness (QED) is 0.453. The lowest BCUT2D eigenvalue weighted by Gasteiger charge is -2.16. The van der Waals surface area contributed by atoms with Gasteiger partial charge in [0, 0.05) is 11.3 Å². The second-order valence-corrected chi connectivity index (χ2v) is 7.35. The lowest BCUT2D eigenvalue weighted by molar-refractivity contribution is -0.115. The number of hydrogen-bond donors (Lipinski definition) is 1. The summed E-state index contributed by atoms with van der Waals surface area (Å²) < 4.78 is 0. The third kappa shape index (κ3) is 4.95. The van der Waals surface area contributed by atoms with Crippen LogP contribution in [0.1, 0.15) is 25.8 Å². The fourth-order valence-corrected chi connectivity index (χ4v) is 3.71. The van der Waals surface area contributed by atoms with E-state index in [2.05, 4.69) is 22.2 Å². The standard InChI is InChI=1S/C22H23N3OS/c1-3-16-10-8-9-13-18(16)25-22(26)20(4-2)27-21-14-19(23-15-24-21)17-11-6-5-7-12-17/h5-15,20H,3-4H2,1-2H3,(H,25,26). The predicted octanol–water partition coefficient (Wildman–Crippen LogP) is 5.22. The summed E-state index contributed by atoms with van der Waals surface area (Å²) in [5.74, 6) is 0.00303. The molecule has 0 aliphatic rings. The maximum atomic E-state index is 12.8. The average molecular weight is 378 g/mol. The van der Waals surface area contributed by atoms with Crippen molar-refractivity contribution < 1.29 is 4.79 Å². The molecule has 0 fully saturated rings. The van der Waals surface area contributed by atoms with Crippen LogP contribution in [-0.2, 0) is 11.2 Å². The average Bonchev–Trinajstić information content (AvgIpc) is 2.73. The summed E-state index contributed by atoms with van der Waals surface area (Å²) >= 11 is 1.48. The van der Waals surface area contributed by atoms with Gasteiger partial charge in [-0.25, -0.2) is 9.97 Å². The summed E-state index contributed by atoms with van der Waals surface area (Å²) in [6.07, 6.45) is 3.16. The summed E-state index contributed by atoms with van der Waals surface area (Å²) in [6, 6.07) is 19.8. The number of aromatic nitrogens is 2. The van der Waals surface area contributed by atoms with Crippen molar-refractivity contribution in [3.8, 4) is 11.3 Å². The van der Waals surface area contributed by atoms with E-state index in [0.29, 0.717) is 0 Å². The van der Waals surface area contributed by atoms with Crippen LogP contribution in [0.15, 0.2) is 72.0 Å². The van der Waals surface area contributed by atoms with Gasteiger partial charge in [-0.3, -0.25) is 4.79 Å². The van der Waals surface area contributed by atoms with E-state index in [1.54, 1.807) is 6.33 Å². The van der Waals surface area contributed by atoms with Crippen LogP contribution in [0.4, 0.5) is 5.69 Å². The van der Waals surface area contributed by atoms with Crippen molar-refractivity contribution in [1.29, 1.82) is 0 Å². The molecule has 0 aliphatic carbocycles. The van der Waals surface area contributed by atoms with Gasteiger partial charge in [-0.2, -0.15) is 0 Å².